The molecule has 0 fully saturated rings. The molecule has 3 aromatic heterocycles. The van der Waals surface area contributed by atoms with Gasteiger partial charge in [0.05, 0.1) is 39.7 Å². The van der Waals surface area contributed by atoms with Crippen molar-refractivity contribution in [2.75, 3.05) is 5.32 Å². The number of phenolic OH excluding ortho intramolecular Hbond substituents is 3. The van der Waals surface area contributed by atoms with E-state index < -0.39 is 24.4 Å². The van der Waals surface area contributed by atoms with E-state index >= 15 is 0 Å². The second kappa shape index (κ2) is 29.9. The fourth-order valence-electron chi connectivity index (χ4n) is 16.5. The summed E-state index contributed by atoms with van der Waals surface area (Å²) < 4.78 is 0. The maximum Gasteiger partial charge on any atom is 0.150 e. The molecular weight excluding hydrogens is 1410 g/mol. The van der Waals surface area contributed by atoms with E-state index in [0.29, 0.717) is 49.9 Å². The highest BCUT2D eigenvalue weighted by atomic mass is 16.6. The molecule has 0 spiro atoms. The number of nitrogens with one attached hydrogen (secondary N) is 4. The van der Waals surface area contributed by atoms with Gasteiger partial charge in [-0.2, -0.15) is 15.3 Å². The minimum Gasteiger partial charge on any atom is -0.505 e. The predicted molar refractivity (Wildman–Crippen MR) is 451 cm³/mol. The molecular formula is C94H77N13O6. The topological polar surface area (TPSA) is 300 Å². The highest BCUT2D eigenvalue weighted by molar-refractivity contribution is 6.23. The van der Waals surface area contributed by atoms with E-state index in [0.717, 1.165) is 151 Å². The number of azo groups is 3. The summed E-state index contributed by atoms with van der Waals surface area (Å²) in [5, 5.41) is 81.6. The highest BCUT2D eigenvalue weighted by Gasteiger charge is 2.30. The van der Waals surface area contributed by atoms with Crippen LogP contribution in [0, 0.1) is 0 Å². The van der Waals surface area contributed by atoms with Gasteiger partial charge in [0.15, 0.2) is 0 Å². The van der Waals surface area contributed by atoms with Gasteiger partial charge in [0, 0.05) is 87.4 Å². The number of aromatic amines is 3. The highest BCUT2D eigenvalue weighted by Crippen LogP contribution is 2.52. The molecule has 0 aliphatic carbocycles. The van der Waals surface area contributed by atoms with Crippen LogP contribution in [0.1, 0.15) is 106 Å². The molecule has 13 N–H and O–H groups in total. The van der Waals surface area contributed by atoms with Gasteiger partial charge in [0.2, 0.25) is 0 Å². The number of para-hydroxylation sites is 3. The van der Waals surface area contributed by atoms with E-state index in [2.05, 4.69) is 77.4 Å². The molecule has 3 atom stereocenters. The third-order valence-corrected chi connectivity index (χ3v) is 22.1. The largest absolute Gasteiger partial charge is 0.505 e. The molecule has 0 bridgehead atoms. The maximum atomic E-state index is 12.7. The zero-order chi connectivity index (χ0) is 77.0. The lowest BCUT2D eigenvalue weighted by Crippen LogP contribution is -2.13. The van der Waals surface area contributed by atoms with Crippen molar-refractivity contribution in [1.82, 2.24) is 15.0 Å². The lowest BCUT2D eigenvalue weighted by molar-refractivity contribution is 0.0791. The van der Waals surface area contributed by atoms with Gasteiger partial charge < -0.3 is 35.6 Å². The molecule has 554 valence electrons. The molecule has 19 nitrogen and oxygen atoms in total. The van der Waals surface area contributed by atoms with Gasteiger partial charge in [0.25, 0.3) is 0 Å². The van der Waals surface area contributed by atoms with Crippen LogP contribution in [-0.4, -0.2) is 30.3 Å². The first-order valence-electron chi connectivity index (χ1n) is 37.7. The van der Waals surface area contributed by atoms with E-state index in [1.165, 1.54) is 0 Å². The van der Waals surface area contributed by atoms with Crippen molar-refractivity contribution in [1.29, 1.82) is 0 Å². The first-order chi connectivity index (χ1) is 55.5. The van der Waals surface area contributed by atoms with E-state index in [4.69, 9.17) is 62.9 Å². The quantitative estimate of drug-likeness (QED) is 0.0226. The number of fused-ring (bicyclic) bond motifs is 15. The average Bonchev–Trinajstić information content (AvgIpc) is 1.23. The van der Waals surface area contributed by atoms with Gasteiger partial charge in [0.1, 0.15) is 52.6 Å². The minimum atomic E-state index is -0.830. The number of phenols is 3. The number of H-pyrrole nitrogens is 3. The number of nitrogens with two attached hydrogens (primary N) is 3. The van der Waals surface area contributed by atoms with Crippen LogP contribution >= 0.6 is 0 Å². The van der Waals surface area contributed by atoms with E-state index in [1.807, 2.05) is 237 Å². The van der Waals surface area contributed by atoms with Crippen molar-refractivity contribution in [2.45, 2.75) is 64.4 Å². The molecule has 0 radical (unpaired) electrons. The van der Waals surface area contributed by atoms with Gasteiger partial charge in [-0.1, -0.05) is 209 Å². The molecule has 0 aliphatic heterocycles. The summed E-state index contributed by atoms with van der Waals surface area (Å²) in [5.74, 6) is 18.2. The number of rotatable bonds is 22. The average molecular weight is 1480 g/mol. The summed E-state index contributed by atoms with van der Waals surface area (Å²) in [5.41, 5.74) is 16.8. The molecule has 113 heavy (non-hydrogen) atoms. The molecule has 0 aliphatic rings. The number of aromatic nitrogens is 3. The van der Waals surface area contributed by atoms with Crippen molar-refractivity contribution in [3.8, 4) is 17.2 Å². The smallest absolute Gasteiger partial charge is 0.150 e. The molecule has 19 heteroatoms. The van der Waals surface area contributed by atoms with Crippen molar-refractivity contribution >= 4 is 138 Å². The Morgan fingerprint density at radius 3 is 0.920 bits per heavy atom. The Kier molecular flexibility index (Phi) is 18.8. The van der Waals surface area contributed by atoms with Crippen molar-refractivity contribution in [3.05, 3.63) is 334 Å². The van der Waals surface area contributed by atoms with Crippen LogP contribution in [0.15, 0.2) is 304 Å². The predicted octanol–water partition coefficient (Wildman–Crippen LogP) is 24.2. The van der Waals surface area contributed by atoms with E-state index in [-0.39, 0.29) is 34.3 Å². The van der Waals surface area contributed by atoms with Crippen molar-refractivity contribution < 1.29 is 29.8 Å². The van der Waals surface area contributed by atoms with Crippen LogP contribution in [0.3, 0.4) is 0 Å². The van der Waals surface area contributed by atoms with Crippen LogP contribution in [0.4, 0.5) is 39.8 Å². The van der Waals surface area contributed by atoms with Crippen molar-refractivity contribution in [3.63, 3.8) is 0 Å². The molecule has 3 heterocycles. The van der Waals surface area contributed by atoms with Crippen LogP contribution in [-0.2, 0) is 33.8 Å². The number of aromatic hydroxyl groups is 3. The third kappa shape index (κ3) is 12.6. The first-order valence-corrected chi connectivity index (χ1v) is 37.7. The molecule has 15 aromatic carbocycles. The van der Waals surface area contributed by atoms with Crippen LogP contribution in [0.5, 0.6) is 17.2 Å². The summed E-state index contributed by atoms with van der Waals surface area (Å²) in [6, 6.07) is 88.7. The van der Waals surface area contributed by atoms with Gasteiger partial charge in [-0.15, -0.1) is 15.3 Å². The Morgan fingerprint density at radius 2 is 0.611 bits per heavy atom. The molecule has 0 saturated heterocycles. The van der Waals surface area contributed by atoms with E-state index in [1.54, 1.807) is 0 Å². The fraction of sp³-hybridized carbons (Fsp3) is 0.106. The van der Waals surface area contributed by atoms with Crippen LogP contribution in [0.2, 0.25) is 0 Å². The second-order valence-electron chi connectivity index (χ2n) is 28.4. The van der Waals surface area contributed by atoms with Gasteiger partial charge in [-0.3, -0.25) is 14.5 Å². The molecule has 3 unspecified atom stereocenters. The van der Waals surface area contributed by atoms with Crippen LogP contribution in [0.25, 0.3) is 97.7 Å². The summed E-state index contributed by atoms with van der Waals surface area (Å²) in [7, 11) is 0. The number of aryl methyl sites for hydroxylation is 3. The molecule has 0 amide bonds. The number of anilines is 1. The SMILES string of the molecule is CCc1ccccc1C(ON)c1cc2ccc3c4ccccc4[nH]c3c2c(N=Nc2ccc(NC(c3ccc(N=Nc4c(O)c(C(ON)c5ccccc5CC)cc5ccc6c7ccccc7[nH]c6c45)cc3)c3ccc(N=Nc4c(O)c(C(ON)c5ccccc5CC)cc5ccc6c7ccccc7[nH]c6c45)cc3)cc2)c1O. The molecule has 18 aromatic rings. The van der Waals surface area contributed by atoms with E-state index in [9.17, 15) is 15.3 Å². The lowest BCUT2D eigenvalue weighted by atomic mass is 9.92. The Labute approximate surface area is 648 Å². The maximum absolute atomic E-state index is 12.7. The summed E-state index contributed by atoms with van der Waals surface area (Å²) in [4.78, 5) is 28.2. The zero-order valence-electron chi connectivity index (χ0n) is 61.9. The zero-order valence-corrected chi connectivity index (χ0v) is 61.9. The first kappa shape index (κ1) is 70.9. The fourth-order valence-corrected chi connectivity index (χ4v) is 16.5. The number of hydrogen-bond acceptors (Lipinski definition) is 16. The summed E-state index contributed by atoms with van der Waals surface area (Å²) in [6.07, 6.45) is -0.329. The third-order valence-electron chi connectivity index (χ3n) is 22.1. The number of nitrogens with zero attached hydrogens (tertiary/aromatic N) is 6. The Morgan fingerprint density at radius 1 is 0.319 bits per heavy atom. The minimum absolute atomic E-state index is 0.116. The molecule has 0 saturated carbocycles. The Bertz CT molecular complexity index is 6560. The Hall–Kier alpha value is -13.8. The second-order valence-corrected chi connectivity index (χ2v) is 28.4. The summed E-state index contributed by atoms with van der Waals surface area (Å²) >= 11 is 0. The standard InChI is InChI=1S/C94H77N13O6/c1-4-52-19-7-10-22-64(52)92(111-95)73-49-57-35-46-70-67-25-13-16-28-76(67)99-83(70)79(57)86(89(73)108)105-102-61-38-31-55(32-39-61)82(56-33-40-62(41-34-56)103-106-87-80-58(36-47-71-68-26-14-17-29-77(68)100-84(71)80)50-74(90(87)109)93(112-96)65-23-11-8-20-53(65)5-2)98-60-42-44-63(45-43-60)104-107-88-81-59(37-48-72-69-27-15-18-30-78(69)101-85(72)81)51-75(91(88)110)94(113-97)66-24-12-9-21-54(66)6-3/h7-51,82,92-94,98-101,108-110H,4-6,95-97H2,1-3H3. The Balaban J connectivity index is 0.728. The lowest BCUT2D eigenvalue weighted by Gasteiger charge is -2.22. The molecule has 18 rings (SSSR count). The number of benzene rings is 15. The van der Waals surface area contributed by atoms with Gasteiger partial charge in [-0.25, -0.2) is 17.7 Å². The van der Waals surface area contributed by atoms with Gasteiger partial charge >= 0.3 is 0 Å². The van der Waals surface area contributed by atoms with Crippen LogP contribution < -0.4 is 23.0 Å². The summed E-state index contributed by atoms with van der Waals surface area (Å²) in [6.45, 7) is 6.21. The monoisotopic (exact) mass is 1480 g/mol. The van der Waals surface area contributed by atoms with Gasteiger partial charge in [-0.05, 0) is 165 Å². The number of hydrogen-bond donors (Lipinski definition) is 10. The van der Waals surface area contributed by atoms with Crippen molar-refractivity contribution in [2.24, 2.45) is 48.4 Å². The normalized spacial score (nSPS) is 13.3.